The third-order valence-electron chi connectivity index (χ3n) is 5.41. The minimum atomic E-state index is -0.635. The molecule has 1 N–H and O–H groups in total. The lowest BCUT2D eigenvalue weighted by Gasteiger charge is -2.34. The highest BCUT2D eigenvalue weighted by Crippen LogP contribution is 2.49. The molecule has 0 radical (unpaired) electrons. The lowest BCUT2D eigenvalue weighted by molar-refractivity contribution is -0.000183. The van der Waals surface area contributed by atoms with Crippen molar-refractivity contribution in [3.63, 3.8) is 0 Å². The molecule has 0 aliphatic carbocycles. The quantitative estimate of drug-likeness (QED) is 0.676. The predicted octanol–water partition coefficient (Wildman–Crippen LogP) is 4.98. The van der Waals surface area contributed by atoms with Crippen molar-refractivity contribution in [1.82, 2.24) is 4.90 Å². The second kappa shape index (κ2) is 7.45. The van der Waals surface area contributed by atoms with Gasteiger partial charge in [-0.25, -0.2) is 4.79 Å². The molecule has 1 fully saturated rings. The zero-order valence-corrected chi connectivity index (χ0v) is 18.6. The van der Waals surface area contributed by atoms with Gasteiger partial charge in [0, 0.05) is 21.6 Å². The minimum Gasteiger partial charge on any atom is -0.493 e. The number of aliphatic hydroxyl groups is 1. The molecule has 5 nitrogen and oxygen atoms in total. The van der Waals surface area contributed by atoms with E-state index in [1.54, 1.807) is 4.90 Å². The van der Waals surface area contributed by atoms with E-state index in [0.717, 1.165) is 22.2 Å². The number of hydrogen-bond acceptors (Lipinski definition) is 4. The van der Waals surface area contributed by atoms with Crippen molar-refractivity contribution in [2.45, 2.75) is 57.6 Å². The Morgan fingerprint density at radius 2 is 2.19 bits per heavy atom. The lowest BCUT2D eigenvalue weighted by Crippen LogP contribution is -2.49. The number of fused-ring (bicyclic) bond motifs is 1. The summed E-state index contributed by atoms with van der Waals surface area (Å²) in [6.07, 6.45) is 1.20. The zero-order valence-electron chi connectivity index (χ0n) is 16.2. The molecule has 1 aromatic carbocycles. The van der Waals surface area contributed by atoms with Crippen molar-refractivity contribution < 1.29 is 19.4 Å². The first-order valence-electron chi connectivity index (χ1n) is 9.27. The number of nitrogens with zero attached hydrogens (tertiary/aromatic N) is 1. The highest BCUT2D eigenvalue weighted by molar-refractivity contribution is 9.10. The summed E-state index contributed by atoms with van der Waals surface area (Å²) in [5, 5.41) is 10.7. The van der Waals surface area contributed by atoms with Crippen molar-refractivity contribution in [3.8, 4) is 5.75 Å². The molecule has 1 amide bonds. The van der Waals surface area contributed by atoms with Crippen LogP contribution in [0.4, 0.5) is 4.79 Å². The fraction of sp³-hybridized carbons (Fsp3) is 0.650. The first-order valence-corrected chi connectivity index (χ1v) is 10.4. The molecule has 2 aliphatic rings. The largest absolute Gasteiger partial charge is 0.493 e. The molecular weight excluding hydrogens is 434 g/mol. The summed E-state index contributed by atoms with van der Waals surface area (Å²) in [4.78, 5) is 14.5. The molecule has 2 aliphatic heterocycles. The van der Waals surface area contributed by atoms with Crippen molar-refractivity contribution >= 4 is 33.6 Å². The van der Waals surface area contributed by atoms with Crippen LogP contribution in [-0.2, 0) is 4.74 Å². The summed E-state index contributed by atoms with van der Waals surface area (Å²) < 4.78 is 12.3. The van der Waals surface area contributed by atoms with Gasteiger partial charge in [-0.05, 0) is 64.5 Å². The topological polar surface area (TPSA) is 59.0 Å². The average Bonchev–Trinajstić information content (AvgIpc) is 2.91. The fourth-order valence-electron chi connectivity index (χ4n) is 4.18. The number of ether oxygens (including phenoxy) is 2. The first kappa shape index (κ1) is 20.7. The Labute approximate surface area is 174 Å². The molecule has 3 unspecified atom stereocenters. The third kappa shape index (κ3) is 4.22. The van der Waals surface area contributed by atoms with Crippen LogP contribution in [0.3, 0.4) is 0 Å². The van der Waals surface area contributed by atoms with Crippen LogP contribution in [0.1, 0.15) is 52.0 Å². The maximum Gasteiger partial charge on any atom is 0.410 e. The van der Waals surface area contributed by atoms with Gasteiger partial charge in [0.1, 0.15) is 11.4 Å². The number of likely N-dealkylation sites (tertiary alicyclic amines) is 1. The van der Waals surface area contributed by atoms with Gasteiger partial charge in [0.25, 0.3) is 0 Å². The van der Waals surface area contributed by atoms with Gasteiger partial charge in [-0.3, -0.25) is 0 Å². The molecule has 0 spiro atoms. The molecule has 7 heteroatoms. The maximum atomic E-state index is 12.8. The highest BCUT2D eigenvalue weighted by atomic mass is 79.9. The molecule has 0 bridgehead atoms. The Kier molecular flexibility index (Phi) is 5.72. The Bertz CT molecular complexity index is 735. The average molecular weight is 461 g/mol. The van der Waals surface area contributed by atoms with Gasteiger partial charge in [-0.2, -0.15) is 0 Å². The Balaban J connectivity index is 1.89. The normalized spacial score (nSPS) is 27.9. The van der Waals surface area contributed by atoms with E-state index >= 15 is 0 Å². The summed E-state index contributed by atoms with van der Waals surface area (Å²) in [5.74, 6) is 1.22. The molecule has 3 rings (SSSR count). The van der Waals surface area contributed by atoms with Crippen LogP contribution in [0.25, 0.3) is 0 Å². The fourth-order valence-corrected chi connectivity index (χ4v) is 5.25. The summed E-state index contributed by atoms with van der Waals surface area (Å²) >= 11 is 9.80. The number of hydrogen-bond donors (Lipinski definition) is 1. The van der Waals surface area contributed by atoms with Crippen molar-refractivity contribution in [1.29, 1.82) is 0 Å². The number of carbonyl (C=O) groups is 1. The van der Waals surface area contributed by atoms with Crippen molar-refractivity contribution in [3.05, 3.63) is 27.2 Å². The molecule has 27 heavy (non-hydrogen) atoms. The van der Waals surface area contributed by atoms with Crippen LogP contribution < -0.4 is 4.74 Å². The summed E-state index contributed by atoms with van der Waals surface area (Å²) in [7, 11) is 0. The standard InChI is InChI=1S/C20H27BrClNO4/c1-19(2,3)27-18(25)23-10-12(9-20(23,4)11-24)14-5-6-26-16-8-13(22)7-15(21)17(14)16/h7-8,12,14,24H,5-6,9-11H2,1-4H3. The van der Waals surface area contributed by atoms with Crippen molar-refractivity contribution in [2.75, 3.05) is 19.8 Å². The van der Waals surface area contributed by atoms with Gasteiger partial charge in [-0.1, -0.05) is 27.5 Å². The Morgan fingerprint density at radius 3 is 2.81 bits per heavy atom. The van der Waals surface area contributed by atoms with E-state index in [4.69, 9.17) is 21.1 Å². The van der Waals surface area contributed by atoms with Crippen LogP contribution in [0, 0.1) is 5.92 Å². The van der Waals surface area contributed by atoms with Gasteiger partial charge in [0.15, 0.2) is 0 Å². The SMILES string of the molecule is CC(C)(C)OC(=O)N1CC(C2CCOc3cc(Cl)cc(Br)c32)CC1(C)CO. The number of carbonyl (C=O) groups excluding carboxylic acids is 1. The first-order chi connectivity index (χ1) is 12.5. The second-order valence-corrected chi connectivity index (χ2v) is 10.0. The van der Waals surface area contributed by atoms with E-state index in [-0.39, 0.29) is 24.5 Å². The van der Waals surface area contributed by atoms with Gasteiger partial charge in [0.05, 0.1) is 18.8 Å². The van der Waals surface area contributed by atoms with E-state index in [1.807, 2.05) is 39.8 Å². The number of aliphatic hydroxyl groups excluding tert-OH is 1. The highest BCUT2D eigenvalue weighted by Gasteiger charge is 2.49. The van der Waals surface area contributed by atoms with E-state index < -0.39 is 11.1 Å². The van der Waals surface area contributed by atoms with Crippen LogP contribution in [0.5, 0.6) is 5.75 Å². The second-order valence-electron chi connectivity index (χ2n) is 8.75. The molecule has 150 valence electrons. The molecule has 0 saturated carbocycles. The van der Waals surface area contributed by atoms with Gasteiger partial charge in [0.2, 0.25) is 0 Å². The summed E-state index contributed by atoms with van der Waals surface area (Å²) in [5.41, 5.74) is -0.108. The van der Waals surface area contributed by atoms with Gasteiger partial charge >= 0.3 is 6.09 Å². The van der Waals surface area contributed by atoms with Gasteiger partial charge < -0.3 is 19.5 Å². The molecule has 2 heterocycles. The smallest absolute Gasteiger partial charge is 0.410 e. The molecule has 3 atom stereocenters. The molecule has 0 aromatic heterocycles. The predicted molar refractivity (Wildman–Crippen MR) is 109 cm³/mol. The van der Waals surface area contributed by atoms with E-state index in [2.05, 4.69) is 15.9 Å². The zero-order chi connectivity index (χ0) is 20.0. The lowest BCUT2D eigenvalue weighted by atomic mass is 9.79. The number of rotatable bonds is 2. The van der Waals surface area contributed by atoms with Crippen molar-refractivity contribution in [2.24, 2.45) is 5.92 Å². The Morgan fingerprint density at radius 1 is 1.48 bits per heavy atom. The summed E-state index contributed by atoms with van der Waals surface area (Å²) in [6, 6.07) is 3.73. The minimum absolute atomic E-state index is 0.0966. The number of benzene rings is 1. The van der Waals surface area contributed by atoms with Crippen LogP contribution in [0.15, 0.2) is 16.6 Å². The maximum absolute atomic E-state index is 12.8. The molecular formula is C20H27BrClNO4. The van der Waals surface area contributed by atoms with E-state index in [0.29, 0.717) is 24.6 Å². The third-order valence-corrected chi connectivity index (χ3v) is 6.28. The molecule has 1 saturated heterocycles. The summed E-state index contributed by atoms with van der Waals surface area (Å²) in [6.45, 7) is 8.54. The molecule has 1 aromatic rings. The number of amides is 1. The number of halogens is 2. The van der Waals surface area contributed by atoms with Crippen LogP contribution in [-0.4, -0.2) is 47.0 Å². The van der Waals surface area contributed by atoms with Crippen LogP contribution >= 0.6 is 27.5 Å². The van der Waals surface area contributed by atoms with Crippen LogP contribution in [0.2, 0.25) is 5.02 Å². The van der Waals surface area contributed by atoms with E-state index in [9.17, 15) is 9.90 Å². The Hall–Kier alpha value is -0.980. The van der Waals surface area contributed by atoms with E-state index in [1.165, 1.54) is 0 Å². The van der Waals surface area contributed by atoms with Gasteiger partial charge in [-0.15, -0.1) is 0 Å². The monoisotopic (exact) mass is 459 g/mol.